The fraction of sp³-hybridized carbons (Fsp3) is 0.982. The van der Waals surface area contributed by atoms with Gasteiger partial charge in [0.2, 0.25) is 0 Å². The summed E-state index contributed by atoms with van der Waals surface area (Å²) in [5.74, 6) is -1.64. The quantitative estimate of drug-likeness (QED) is 0.0568. The van der Waals surface area contributed by atoms with Crippen molar-refractivity contribution in [1.82, 2.24) is 0 Å². The van der Waals surface area contributed by atoms with Crippen molar-refractivity contribution in [3.05, 3.63) is 0 Å². The molecule has 36 unspecified atom stereocenters. The first-order valence-corrected chi connectivity index (χ1v) is 30.2. The lowest BCUT2D eigenvalue weighted by Gasteiger charge is -2.60. The molecule has 0 radical (unpaired) electrons. The van der Waals surface area contributed by atoms with Crippen molar-refractivity contribution in [2.45, 2.75) is 251 Å². The second-order valence-electron chi connectivity index (χ2n) is 26.5. The number of hydrogen-bond acceptors (Lipinski definition) is 29. The molecule has 0 bridgehead atoms. The monoisotopic (exact) mass is 1230 g/mol. The van der Waals surface area contributed by atoms with E-state index in [1.807, 2.05) is 13.8 Å². The van der Waals surface area contributed by atoms with Gasteiger partial charge in [0.25, 0.3) is 0 Å². The Hall–Kier alpha value is -1.45. The van der Waals surface area contributed by atoms with Crippen LogP contribution in [0.5, 0.6) is 0 Å². The summed E-state index contributed by atoms with van der Waals surface area (Å²) in [4.78, 5) is 14.8. The number of aliphatic hydroxyl groups is 17. The zero-order valence-electron chi connectivity index (χ0n) is 48.2. The van der Waals surface area contributed by atoms with E-state index in [1.165, 1.54) is 0 Å². The van der Waals surface area contributed by atoms with Crippen LogP contribution in [-0.2, 0) is 56.9 Å². The van der Waals surface area contributed by atoms with Crippen LogP contribution in [0, 0.1) is 52.3 Å². The average Bonchev–Trinajstić information content (AvgIpc) is 1.68. The molecule has 0 spiro atoms. The van der Waals surface area contributed by atoms with Crippen LogP contribution in [0.3, 0.4) is 0 Å². The van der Waals surface area contributed by atoms with E-state index in [2.05, 4.69) is 13.8 Å². The molecule has 6 aliphatic heterocycles. The first kappa shape index (κ1) is 66.5. The number of ketones is 1. The Kier molecular flexibility index (Phi) is 20.5. The smallest absolute Gasteiger partial charge is 0.187 e. The Morgan fingerprint density at radius 3 is 1.78 bits per heavy atom. The molecule has 10 fully saturated rings. The molecule has 10 rings (SSSR count). The maximum atomic E-state index is 14.8. The van der Waals surface area contributed by atoms with Gasteiger partial charge in [-0.1, -0.05) is 27.7 Å². The molecule has 29 nitrogen and oxygen atoms in total. The molecule has 85 heavy (non-hydrogen) atoms. The maximum absolute atomic E-state index is 14.8. The van der Waals surface area contributed by atoms with Gasteiger partial charge in [0, 0.05) is 30.1 Å². The second kappa shape index (κ2) is 26.3. The topological polar surface area (TPSA) is 463 Å². The summed E-state index contributed by atoms with van der Waals surface area (Å²) in [5, 5.41) is 182. The van der Waals surface area contributed by atoms with E-state index < -0.39 is 198 Å². The first-order chi connectivity index (χ1) is 40.2. The number of hydrogen-bond donors (Lipinski definition) is 17. The molecule has 4 aliphatic carbocycles. The van der Waals surface area contributed by atoms with Gasteiger partial charge < -0.3 is 139 Å². The number of fused-ring (bicyclic) bond motifs is 7. The summed E-state index contributed by atoms with van der Waals surface area (Å²) in [6.45, 7) is 4.59. The summed E-state index contributed by atoms with van der Waals surface area (Å²) < 4.78 is 64.7. The SMILES string of the molecule is CC(CCC1(O)OC2CC3C4CCC5CC(OC6OC(CO)C(OC7OC(CO)C(O)C(OC8OCC(O)C(O)C8OC8OC(CO)C(O)C(O)C8O)C7O)C(O)C6O)CCC5(C)C4CC(=O)C3(C)C2C1C)COC1OC(CO)C(O)C(O)C1O. The molecule has 6 heterocycles. The summed E-state index contributed by atoms with van der Waals surface area (Å²) in [6.07, 6.45) is -35.9. The van der Waals surface area contributed by atoms with Gasteiger partial charge in [0.1, 0.15) is 122 Å². The molecule has 6 saturated heterocycles. The Morgan fingerprint density at radius 1 is 0.576 bits per heavy atom. The van der Waals surface area contributed by atoms with Gasteiger partial charge in [-0.05, 0) is 80.0 Å². The minimum absolute atomic E-state index is 0.0318. The highest BCUT2D eigenvalue weighted by Gasteiger charge is 2.71. The third-order valence-electron chi connectivity index (χ3n) is 21.7. The van der Waals surface area contributed by atoms with Crippen LogP contribution in [0.4, 0.5) is 0 Å². The minimum atomic E-state index is -2.03. The van der Waals surface area contributed by atoms with Crippen molar-refractivity contribution >= 4 is 5.78 Å². The summed E-state index contributed by atoms with van der Waals surface area (Å²) in [7, 11) is 0. The normalized spacial score (nSPS) is 54.9. The first-order valence-electron chi connectivity index (χ1n) is 30.2. The van der Waals surface area contributed by atoms with Crippen molar-refractivity contribution in [1.29, 1.82) is 0 Å². The highest BCUT2D eigenvalue weighted by atomic mass is 16.8. The van der Waals surface area contributed by atoms with Crippen LogP contribution in [0.15, 0.2) is 0 Å². The van der Waals surface area contributed by atoms with Gasteiger partial charge in [-0.3, -0.25) is 4.79 Å². The zero-order chi connectivity index (χ0) is 61.5. The zero-order valence-corrected chi connectivity index (χ0v) is 48.2. The van der Waals surface area contributed by atoms with E-state index in [-0.39, 0.29) is 71.8 Å². The molecule has 17 N–H and O–H groups in total. The Balaban J connectivity index is 0.732. The van der Waals surface area contributed by atoms with Gasteiger partial charge in [0.05, 0.1) is 51.8 Å². The molecule has 490 valence electrons. The second-order valence-corrected chi connectivity index (χ2v) is 26.5. The van der Waals surface area contributed by atoms with Crippen LogP contribution >= 0.6 is 0 Å². The number of carbonyl (C=O) groups excluding carboxylic acids is 1. The van der Waals surface area contributed by atoms with E-state index in [4.69, 9.17) is 52.1 Å². The highest BCUT2D eigenvalue weighted by Crippen LogP contribution is 2.70. The molecule has 0 amide bonds. The van der Waals surface area contributed by atoms with E-state index in [9.17, 15) is 91.6 Å². The molecule has 0 aromatic rings. The number of carbonyl (C=O) groups is 1. The minimum Gasteiger partial charge on any atom is -0.394 e. The molecule has 36 atom stereocenters. The lowest BCUT2D eigenvalue weighted by Crippen LogP contribution is -2.67. The maximum Gasteiger partial charge on any atom is 0.187 e. The molecule has 0 aromatic heterocycles. The van der Waals surface area contributed by atoms with E-state index in [0.29, 0.717) is 38.5 Å². The van der Waals surface area contributed by atoms with Gasteiger partial charge in [0.15, 0.2) is 37.2 Å². The number of ether oxygens (including phenoxy) is 11. The van der Waals surface area contributed by atoms with E-state index in [1.54, 1.807) is 0 Å². The van der Waals surface area contributed by atoms with Crippen molar-refractivity contribution in [2.24, 2.45) is 52.3 Å². The lowest BCUT2D eigenvalue weighted by molar-refractivity contribution is -0.390. The van der Waals surface area contributed by atoms with Crippen LogP contribution in [0.25, 0.3) is 0 Å². The third-order valence-corrected chi connectivity index (χ3v) is 21.7. The summed E-state index contributed by atoms with van der Waals surface area (Å²) in [5.41, 5.74) is -0.974. The van der Waals surface area contributed by atoms with Crippen molar-refractivity contribution < 1.29 is 144 Å². The standard InChI is InChI=1S/C56H92O29/c1-20(18-75-49-42(70)39(67)36(64)29(14-57)78-49)7-10-56(74)21(2)34-28(85-56)12-26-24-6-5-22-11-23(8-9-54(22,3)25(24)13-33(62)55(26,34)4)77-50-44(72)41(69)46(32(17-60)81-50)82-52-45(73)47(38(66)31(16-59)80-52)83-53-48(35(63)27(61)19-76-53)84-51-43(71)40(68)37(65)30(15-58)79-51/h20-32,34-53,57-61,63-74H,5-19H2,1-4H3. The van der Waals surface area contributed by atoms with Crippen molar-refractivity contribution in [2.75, 3.05) is 39.6 Å². The molecule has 4 saturated carbocycles. The molecule has 0 aromatic carbocycles. The van der Waals surface area contributed by atoms with E-state index >= 15 is 0 Å². The van der Waals surface area contributed by atoms with Gasteiger partial charge in [-0.2, -0.15) is 0 Å². The fourth-order valence-electron chi connectivity index (χ4n) is 16.5. The van der Waals surface area contributed by atoms with Gasteiger partial charge in [-0.25, -0.2) is 0 Å². The van der Waals surface area contributed by atoms with Crippen LogP contribution in [0.2, 0.25) is 0 Å². The van der Waals surface area contributed by atoms with Crippen LogP contribution < -0.4 is 0 Å². The highest BCUT2D eigenvalue weighted by molar-refractivity contribution is 5.87. The van der Waals surface area contributed by atoms with Gasteiger partial charge in [-0.15, -0.1) is 0 Å². The summed E-state index contributed by atoms with van der Waals surface area (Å²) >= 11 is 0. The predicted molar refractivity (Wildman–Crippen MR) is 279 cm³/mol. The predicted octanol–water partition coefficient (Wildman–Crippen LogP) is -6.31. The number of Topliss-reactive ketones (excluding diaryl/α,β-unsaturated/α-hetero) is 1. The third kappa shape index (κ3) is 12.1. The number of aliphatic hydroxyl groups excluding tert-OH is 16. The van der Waals surface area contributed by atoms with Gasteiger partial charge >= 0.3 is 0 Å². The molecule has 29 heteroatoms. The Labute approximate surface area is 491 Å². The van der Waals surface area contributed by atoms with Crippen LogP contribution in [-0.4, -0.2) is 298 Å². The van der Waals surface area contributed by atoms with Crippen molar-refractivity contribution in [3.8, 4) is 0 Å². The Morgan fingerprint density at radius 2 is 1.13 bits per heavy atom. The molecular weight excluding hydrogens is 1140 g/mol. The van der Waals surface area contributed by atoms with Crippen LogP contribution in [0.1, 0.15) is 85.5 Å². The average molecular weight is 1230 g/mol. The van der Waals surface area contributed by atoms with E-state index in [0.717, 1.165) is 12.8 Å². The summed E-state index contributed by atoms with van der Waals surface area (Å²) in [6, 6.07) is 0. The fourth-order valence-corrected chi connectivity index (χ4v) is 16.5. The molecular formula is C56H92O29. The van der Waals surface area contributed by atoms with Crippen molar-refractivity contribution in [3.63, 3.8) is 0 Å². The lowest BCUT2D eigenvalue weighted by atomic mass is 9.44. The molecule has 10 aliphatic rings. The largest absolute Gasteiger partial charge is 0.394 e. The Bertz CT molecular complexity index is 2220. The number of rotatable bonds is 18.